The Morgan fingerprint density at radius 3 is 2.65 bits per heavy atom. The molecule has 2 aliphatic rings. The van der Waals surface area contributed by atoms with Crippen LogP contribution in [0.15, 0.2) is 34.2 Å². The minimum Gasteiger partial charge on any atom is -0.269 e. The van der Waals surface area contributed by atoms with E-state index in [9.17, 15) is 9.18 Å². The van der Waals surface area contributed by atoms with E-state index < -0.39 is 0 Å². The summed E-state index contributed by atoms with van der Waals surface area (Å²) in [6.07, 6.45) is 6.40. The van der Waals surface area contributed by atoms with Gasteiger partial charge >= 0.3 is 0 Å². The van der Waals surface area contributed by atoms with Gasteiger partial charge in [-0.25, -0.2) is 9.37 Å². The van der Waals surface area contributed by atoms with Crippen molar-refractivity contribution < 1.29 is 4.39 Å². The first-order chi connectivity index (χ1) is 11.2. The first-order valence-corrected chi connectivity index (χ1v) is 9.24. The number of rotatable bonds is 4. The van der Waals surface area contributed by atoms with E-state index in [1.807, 2.05) is 0 Å². The molecule has 3 nitrogen and oxygen atoms in total. The summed E-state index contributed by atoms with van der Waals surface area (Å²) >= 11 is 1.66. The molecular formula is C18H19FN2OS. The second-order valence-electron chi connectivity index (χ2n) is 6.40. The number of aryl methyl sites for hydroxylation is 1. The molecule has 0 unspecified atom stereocenters. The number of halogens is 1. The van der Waals surface area contributed by atoms with E-state index in [2.05, 4.69) is 0 Å². The summed E-state index contributed by atoms with van der Waals surface area (Å²) in [5.74, 6) is 1.47. The molecule has 1 fully saturated rings. The molecule has 0 atom stereocenters. The molecule has 0 amide bonds. The summed E-state index contributed by atoms with van der Waals surface area (Å²) < 4.78 is 14.9. The van der Waals surface area contributed by atoms with Gasteiger partial charge in [0.05, 0.1) is 11.4 Å². The minimum atomic E-state index is -0.292. The molecule has 2 aromatic rings. The fourth-order valence-electron chi connectivity index (χ4n) is 3.02. The molecule has 1 aromatic heterocycles. The molecule has 0 aliphatic heterocycles. The molecule has 1 aromatic carbocycles. The van der Waals surface area contributed by atoms with Crippen LogP contribution in [0.25, 0.3) is 5.69 Å². The van der Waals surface area contributed by atoms with E-state index in [0.717, 1.165) is 53.8 Å². The number of hydrogen-bond donors (Lipinski definition) is 0. The van der Waals surface area contributed by atoms with Crippen LogP contribution in [0.1, 0.15) is 36.9 Å². The maximum absolute atomic E-state index is 13.2. The van der Waals surface area contributed by atoms with Crippen molar-refractivity contribution in [2.24, 2.45) is 5.92 Å². The van der Waals surface area contributed by atoms with Crippen molar-refractivity contribution in [3.63, 3.8) is 0 Å². The number of hydrogen-bond acceptors (Lipinski definition) is 3. The first kappa shape index (κ1) is 14.9. The second-order valence-corrected chi connectivity index (χ2v) is 7.39. The lowest BCUT2D eigenvalue weighted by atomic mass is 9.97. The normalized spacial score (nSPS) is 17.1. The molecular weight excluding hydrogens is 311 g/mol. The average Bonchev–Trinajstić information content (AvgIpc) is 3.39. The molecule has 5 heteroatoms. The van der Waals surface area contributed by atoms with Crippen LogP contribution in [0, 0.1) is 11.7 Å². The third-order valence-electron chi connectivity index (χ3n) is 4.55. The maximum atomic E-state index is 13.2. The zero-order valence-corrected chi connectivity index (χ0v) is 13.7. The van der Waals surface area contributed by atoms with Crippen LogP contribution < -0.4 is 5.56 Å². The molecule has 0 bridgehead atoms. The summed E-state index contributed by atoms with van der Waals surface area (Å²) in [7, 11) is 0. The van der Waals surface area contributed by atoms with E-state index in [1.165, 1.54) is 25.0 Å². The Bertz CT molecular complexity index is 781. The summed E-state index contributed by atoms with van der Waals surface area (Å²) in [5, 5.41) is 0.758. The van der Waals surface area contributed by atoms with Crippen LogP contribution in [0.4, 0.5) is 4.39 Å². The van der Waals surface area contributed by atoms with Gasteiger partial charge in [-0.05, 0) is 68.7 Å². The summed E-state index contributed by atoms with van der Waals surface area (Å²) in [4.78, 5) is 17.8. The summed E-state index contributed by atoms with van der Waals surface area (Å²) in [6.45, 7) is 0. The third kappa shape index (κ3) is 3.07. The lowest BCUT2D eigenvalue weighted by Crippen LogP contribution is -2.29. The van der Waals surface area contributed by atoms with Gasteiger partial charge in [-0.3, -0.25) is 9.36 Å². The molecule has 0 N–H and O–H groups in total. The lowest BCUT2D eigenvalue weighted by molar-refractivity contribution is 0.617. The predicted molar refractivity (Wildman–Crippen MR) is 89.9 cm³/mol. The minimum absolute atomic E-state index is 0.0274. The van der Waals surface area contributed by atoms with Gasteiger partial charge in [0.2, 0.25) is 0 Å². The third-order valence-corrected chi connectivity index (χ3v) is 5.72. The van der Waals surface area contributed by atoms with Gasteiger partial charge in [-0.1, -0.05) is 11.8 Å². The average molecular weight is 330 g/mol. The predicted octanol–water partition coefficient (Wildman–Crippen LogP) is 3.75. The Kier molecular flexibility index (Phi) is 3.97. The van der Waals surface area contributed by atoms with Gasteiger partial charge in [0.25, 0.3) is 5.56 Å². The Morgan fingerprint density at radius 2 is 1.91 bits per heavy atom. The van der Waals surface area contributed by atoms with E-state index >= 15 is 0 Å². The van der Waals surface area contributed by atoms with E-state index in [-0.39, 0.29) is 11.4 Å². The smallest absolute Gasteiger partial charge is 0.262 e. The van der Waals surface area contributed by atoms with Gasteiger partial charge < -0.3 is 0 Å². The van der Waals surface area contributed by atoms with Crippen molar-refractivity contribution in [2.75, 3.05) is 5.75 Å². The van der Waals surface area contributed by atoms with E-state index in [4.69, 9.17) is 4.98 Å². The van der Waals surface area contributed by atoms with Crippen molar-refractivity contribution in [1.82, 2.24) is 9.55 Å². The topological polar surface area (TPSA) is 34.9 Å². The molecule has 23 heavy (non-hydrogen) atoms. The second kappa shape index (κ2) is 6.11. The Labute approximate surface area is 138 Å². The van der Waals surface area contributed by atoms with Gasteiger partial charge in [-0.15, -0.1) is 0 Å². The van der Waals surface area contributed by atoms with Gasteiger partial charge in [-0.2, -0.15) is 0 Å². The molecule has 0 saturated heterocycles. The number of fused-ring (bicyclic) bond motifs is 1. The molecule has 120 valence electrons. The zero-order valence-electron chi connectivity index (χ0n) is 12.9. The SMILES string of the molecule is O=c1c2c(nc(SCC3CC3)n1-c1ccc(F)cc1)CCCC2. The van der Waals surface area contributed by atoms with Gasteiger partial charge in [0.1, 0.15) is 5.82 Å². The van der Waals surface area contributed by atoms with Crippen LogP contribution in [-0.2, 0) is 12.8 Å². The highest BCUT2D eigenvalue weighted by Crippen LogP contribution is 2.35. The highest BCUT2D eigenvalue weighted by Gasteiger charge is 2.24. The lowest BCUT2D eigenvalue weighted by Gasteiger charge is -2.19. The summed E-state index contributed by atoms with van der Waals surface area (Å²) in [6, 6.07) is 6.12. The monoisotopic (exact) mass is 330 g/mol. The first-order valence-electron chi connectivity index (χ1n) is 8.26. The standard InChI is InChI=1S/C18H19FN2OS/c19-13-7-9-14(10-8-13)21-17(22)15-3-1-2-4-16(15)20-18(21)23-11-12-5-6-12/h7-10,12H,1-6,11H2. The fourth-order valence-corrected chi connectivity index (χ4v) is 4.23. The van der Waals surface area contributed by atoms with Crippen LogP contribution in [0.5, 0.6) is 0 Å². The highest BCUT2D eigenvalue weighted by molar-refractivity contribution is 7.99. The van der Waals surface area contributed by atoms with Crippen LogP contribution in [-0.4, -0.2) is 15.3 Å². The van der Waals surface area contributed by atoms with Crippen molar-refractivity contribution in [2.45, 2.75) is 43.7 Å². The number of nitrogens with zero attached hydrogens (tertiary/aromatic N) is 2. The number of aromatic nitrogens is 2. The largest absolute Gasteiger partial charge is 0.269 e. The number of benzene rings is 1. The maximum Gasteiger partial charge on any atom is 0.262 e. The molecule has 1 saturated carbocycles. The Balaban J connectivity index is 1.82. The van der Waals surface area contributed by atoms with Crippen molar-refractivity contribution in [1.29, 1.82) is 0 Å². The van der Waals surface area contributed by atoms with E-state index in [0.29, 0.717) is 5.69 Å². The van der Waals surface area contributed by atoms with E-state index in [1.54, 1.807) is 28.5 Å². The molecule has 2 aliphatic carbocycles. The Hall–Kier alpha value is -1.62. The van der Waals surface area contributed by atoms with Crippen LogP contribution >= 0.6 is 11.8 Å². The van der Waals surface area contributed by atoms with Gasteiger partial charge in [0.15, 0.2) is 5.16 Å². The highest BCUT2D eigenvalue weighted by atomic mass is 32.2. The summed E-state index contributed by atoms with van der Waals surface area (Å²) in [5.41, 5.74) is 2.55. The molecule has 0 radical (unpaired) electrons. The van der Waals surface area contributed by atoms with Crippen molar-refractivity contribution in [3.8, 4) is 5.69 Å². The zero-order chi connectivity index (χ0) is 15.8. The molecule has 0 spiro atoms. The fraction of sp³-hybridized carbons (Fsp3) is 0.444. The molecule has 1 heterocycles. The Morgan fingerprint density at radius 1 is 1.17 bits per heavy atom. The quantitative estimate of drug-likeness (QED) is 0.632. The number of thioether (sulfide) groups is 1. The van der Waals surface area contributed by atoms with Crippen LogP contribution in [0.2, 0.25) is 0 Å². The van der Waals surface area contributed by atoms with Crippen molar-refractivity contribution >= 4 is 11.8 Å². The van der Waals surface area contributed by atoms with Gasteiger partial charge in [0, 0.05) is 11.3 Å². The molecule has 4 rings (SSSR count). The van der Waals surface area contributed by atoms with Crippen molar-refractivity contribution in [3.05, 3.63) is 51.7 Å². The van der Waals surface area contributed by atoms with Crippen LogP contribution in [0.3, 0.4) is 0 Å².